The first-order valence-corrected chi connectivity index (χ1v) is 5.83. The Hall–Kier alpha value is -1.31. The molecule has 16 heavy (non-hydrogen) atoms. The Bertz CT molecular complexity index is 355. The van der Waals surface area contributed by atoms with Crippen molar-refractivity contribution in [1.29, 1.82) is 0 Å². The van der Waals surface area contributed by atoms with Gasteiger partial charge in [-0.1, -0.05) is 31.5 Å². The van der Waals surface area contributed by atoms with Crippen LogP contribution < -0.4 is 0 Å². The van der Waals surface area contributed by atoms with E-state index in [0.717, 1.165) is 12.8 Å². The predicted octanol–water partition coefficient (Wildman–Crippen LogP) is 3.18. The molecule has 1 rings (SSSR count). The highest BCUT2D eigenvalue weighted by molar-refractivity contribution is 5.66. The molecule has 0 bridgehead atoms. The van der Waals surface area contributed by atoms with Gasteiger partial charge in [-0.25, -0.2) is 0 Å². The average molecular weight is 220 g/mol. The Morgan fingerprint density at radius 2 is 1.69 bits per heavy atom. The van der Waals surface area contributed by atoms with Crippen LogP contribution in [0.2, 0.25) is 0 Å². The van der Waals surface area contributed by atoms with Crippen molar-refractivity contribution in [3.05, 3.63) is 34.4 Å². The van der Waals surface area contributed by atoms with Crippen LogP contribution in [-0.2, 0) is 29.0 Å². The van der Waals surface area contributed by atoms with E-state index >= 15 is 0 Å². The molecule has 0 unspecified atom stereocenters. The number of carbonyl (C=O) groups is 1. The Labute approximate surface area is 97.6 Å². The SMILES string of the molecule is CCc1cc(C)cc(CC)c1COC(C)=O. The number of benzene rings is 1. The third-order valence-corrected chi connectivity index (χ3v) is 2.76. The smallest absolute Gasteiger partial charge is 0.302 e. The zero-order valence-electron chi connectivity index (χ0n) is 10.6. The number of hydrogen-bond acceptors (Lipinski definition) is 2. The molecule has 0 radical (unpaired) electrons. The van der Waals surface area contributed by atoms with Crippen LogP contribution in [0, 0.1) is 6.92 Å². The van der Waals surface area contributed by atoms with Crippen LogP contribution >= 0.6 is 0 Å². The Balaban J connectivity index is 3.06. The van der Waals surface area contributed by atoms with Crippen molar-refractivity contribution in [2.75, 3.05) is 0 Å². The average Bonchev–Trinajstić information content (AvgIpc) is 2.25. The first kappa shape index (κ1) is 12.8. The van der Waals surface area contributed by atoms with E-state index in [1.807, 2.05) is 0 Å². The lowest BCUT2D eigenvalue weighted by atomic mass is 9.95. The van der Waals surface area contributed by atoms with Crippen LogP contribution in [0.3, 0.4) is 0 Å². The molecule has 1 aromatic carbocycles. The van der Waals surface area contributed by atoms with Crippen molar-refractivity contribution in [3.8, 4) is 0 Å². The summed E-state index contributed by atoms with van der Waals surface area (Å²) in [4.78, 5) is 10.9. The maximum Gasteiger partial charge on any atom is 0.302 e. The second-order valence-corrected chi connectivity index (χ2v) is 4.05. The molecule has 88 valence electrons. The molecule has 0 saturated carbocycles. The summed E-state index contributed by atoms with van der Waals surface area (Å²) in [7, 11) is 0. The minimum absolute atomic E-state index is 0.218. The summed E-state index contributed by atoms with van der Waals surface area (Å²) in [5.41, 5.74) is 5.04. The highest BCUT2D eigenvalue weighted by Crippen LogP contribution is 2.20. The molecule has 2 nitrogen and oxygen atoms in total. The number of esters is 1. The molecule has 1 aromatic rings. The highest BCUT2D eigenvalue weighted by Gasteiger charge is 2.08. The molecule has 2 heteroatoms. The van der Waals surface area contributed by atoms with E-state index < -0.39 is 0 Å². The van der Waals surface area contributed by atoms with Crippen LogP contribution in [0.25, 0.3) is 0 Å². The summed E-state index contributed by atoms with van der Waals surface area (Å²) in [5.74, 6) is -0.218. The van der Waals surface area contributed by atoms with E-state index in [1.54, 1.807) is 0 Å². The van der Waals surface area contributed by atoms with Crippen molar-refractivity contribution in [2.45, 2.75) is 47.1 Å². The maximum absolute atomic E-state index is 10.9. The van der Waals surface area contributed by atoms with Gasteiger partial charge in [-0.05, 0) is 36.5 Å². The number of rotatable bonds is 4. The summed E-state index contributed by atoms with van der Waals surface area (Å²) in [6.07, 6.45) is 1.95. The van der Waals surface area contributed by atoms with Gasteiger partial charge in [-0.3, -0.25) is 4.79 Å². The highest BCUT2D eigenvalue weighted by atomic mass is 16.5. The molecule has 0 spiro atoms. The molecule has 0 N–H and O–H groups in total. The van der Waals surface area contributed by atoms with Crippen LogP contribution in [-0.4, -0.2) is 5.97 Å². The fourth-order valence-electron chi connectivity index (χ4n) is 1.96. The van der Waals surface area contributed by atoms with Crippen LogP contribution in [0.15, 0.2) is 12.1 Å². The molecule has 0 aromatic heterocycles. The Morgan fingerprint density at radius 1 is 1.19 bits per heavy atom. The third kappa shape index (κ3) is 3.09. The second kappa shape index (κ2) is 5.69. The largest absolute Gasteiger partial charge is 0.461 e. The molecular weight excluding hydrogens is 200 g/mol. The summed E-state index contributed by atoms with van der Waals surface area (Å²) < 4.78 is 5.11. The fourth-order valence-corrected chi connectivity index (χ4v) is 1.96. The zero-order chi connectivity index (χ0) is 12.1. The van der Waals surface area contributed by atoms with Crippen LogP contribution in [0.1, 0.15) is 43.0 Å². The molecule has 0 atom stereocenters. The van der Waals surface area contributed by atoms with Crippen LogP contribution in [0.5, 0.6) is 0 Å². The second-order valence-electron chi connectivity index (χ2n) is 4.05. The van der Waals surface area contributed by atoms with E-state index in [4.69, 9.17) is 4.74 Å². The van der Waals surface area contributed by atoms with Gasteiger partial charge in [-0.2, -0.15) is 0 Å². The minimum atomic E-state index is -0.218. The summed E-state index contributed by atoms with van der Waals surface area (Å²) in [5, 5.41) is 0. The van der Waals surface area contributed by atoms with Gasteiger partial charge < -0.3 is 4.74 Å². The first-order chi connectivity index (χ1) is 7.58. The number of aryl methyl sites for hydroxylation is 3. The number of carbonyl (C=O) groups excluding carboxylic acids is 1. The van der Waals surface area contributed by atoms with Gasteiger partial charge in [0.1, 0.15) is 6.61 Å². The van der Waals surface area contributed by atoms with Crippen molar-refractivity contribution in [2.24, 2.45) is 0 Å². The van der Waals surface area contributed by atoms with Crippen molar-refractivity contribution >= 4 is 5.97 Å². The maximum atomic E-state index is 10.9. The van der Waals surface area contributed by atoms with Gasteiger partial charge in [0.25, 0.3) is 0 Å². The third-order valence-electron chi connectivity index (χ3n) is 2.76. The van der Waals surface area contributed by atoms with Gasteiger partial charge >= 0.3 is 5.97 Å². The zero-order valence-corrected chi connectivity index (χ0v) is 10.6. The molecule has 0 fully saturated rings. The van der Waals surface area contributed by atoms with Gasteiger partial charge in [0.2, 0.25) is 0 Å². The lowest BCUT2D eigenvalue weighted by Gasteiger charge is -2.14. The predicted molar refractivity (Wildman–Crippen MR) is 65.4 cm³/mol. The fraction of sp³-hybridized carbons (Fsp3) is 0.500. The summed E-state index contributed by atoms with van der Waals surface area (Å²) in [6, 6.07) is 4.36. The van der Waals surface area contributed by atoms with E-state index in [9.17, 15) is 4.79 Å². The number of ether oxygens (including phenoxy) is 1. The van der Waals surface area contributed by atoms with E-state index in [-0.39, 0.29) is 5.97 Å². The molecule has 0 aliphatic heterocycles. The van der Waals surface area contributed by atoms with Crippen molar-refractivity contribution in [1.82, 2.24) is 0 Å². The molecule has 0 saturated heterocycles. The number of hydrogen-bond donors (Lipinski definition) is 0. The minimum Gasteiger partial charge on any atom is -0.461 e. The molecule has 0 heterocycles. The van der Waals surface area contributed by atoms with Crippen molar-refractivity contribution in [3.63, 3.8) is 0 Å². The van der Waals surface area contributed by atoms with Crippen molar-refractivity contribution < 1.29 is 9.53 Å². The summed E-state index contributed by atoms with van der Waals surface area (Å²) >= 11 is 0. The quantitative estimate of drug-likeness (QED) is 0.728. The molecule has 0 aliphatic carbocycles. The van der Waals surface area contributed by atoms with Gasteiger partial charge in [0, 0.05) is 6.92 Å². The molecule has 0 amide bonds. The van der Waals surface area contributed by atoms with Gasteiger partial charge in [0.05, 0.1) is 0 Å². The topological polar surface area (TPSA) is 26.3 Å². The lowest BCUT2D eigenvalue weighted by molar-refractivity contribution is -0.142. The standard InChI is InChI=1S/C14H20O2/c1-5-12-7-10(3)8-13(6-2)14(12)9-16-11(4)15/h7-8H,5-6,9H2,1-4H3. The van der Waals surface area contributed by atoms with E-state index in [2.05, 4.69) is 32.9 Å². The molecular formula is C14H20O2. The Kier molecular flexibility index (Phi) is 4.53. The Morgan fingerprint density at radius 3 is 2.06 bits per heavy atom. The normalized spacial score (nSPS) is 10.2. The summed E-state index contributed by atoms with van der Waals surface area (Å²) in [6.45, 7) is 8.22. The monoisotopic (exact) mass is 220 g/mol. The van der Waals surface area contributed by atoms with Gasteiger partial charge in [0.15, 0.2) is 0 Å². The first-order valence-electron chi connectivity index (χ1n) is 5.83. The van der Waals surface area contributed by atoms with E-state index in [0.29, 0.717) is 6.61 Å². The molecule has 0 aliphatic rings. The van der Waals surface area contributed by atoms with E-state index in [1.165, 1.54) is 29.2 Å². The van der Waals surface area contributed by atoms with Crippen LogP contribution in [0.4, 0.5) is 0 Å². The lowest BCUT2D eigenvalue weighted by Crippen LogP contribution is -2.05. The van der Waals surface area contributed by atoms with Gasteiger partial charge in [-0.15, -0.1) is 0 Å².